The third-order valence-electron chi connectivity index (χ3n) is 7.17. The predicted molar refractivity (Wildman–Crippen MR) is 163 cm³/mol. The third-order valence-corrected chi connectivity index (χ3v) is 7.17. The summed E-state index contributed by atoms with van der Waals surface area (Å²) in [4.78, 5) is 41.7. The van der Waals surface area contributed by atoms with Gasteiger partial charge < -0.3 is 24.8 Å². The molecule has 2 aliphatic rings. The monoisotopic (exact) mass is 586 g/mol. The third kappa shape index (κ3) is 11.4. The number of hydrogen-bond donors (Lipinski definition) is 1. The van der Waals surface area contributed by atoms with Crippen molar-refractivity contribution in [2.24, 2.45) is 0 Å². The molecular formula is C33H42N6O4. The van der Waals surface area contributed by atoms with E-state index in [1.807, 2.05) is 49.9 Å². The molecule has 2 aliphatic heterocycles. The van der Waals surface area contributed by atoms with Crippen molar-refractivity contribution in [2.75, 3.05) is 52.4 Å². The van der Waals surface area contributed by atoms with Gasteiger partial charge in [0.25, 0.3) is 0 Å². The fourth-order valence-electron chi connectivity index (χ4n) is 4.69. The maximum absolute atomic E-state index is 12.3. The van der Waals surface area contributed by atoms with Crippen LogP contribution in [0.25, 0.3) is 0 Å². The van der Waals surface area contributed by atoms with E-state index in [1.165, 1.54) is 0 Å². The van der Waals surface area contributed by atoms with E-state index in [-0.39, 0.29) is 17.9 Å². The van der Waals surface area contributed by atoms with E-state index >= 15 is 0 Å². The van der Waals surface area contributed by atoms with Crippen molar-refractivity contribution in [2.45, 2.75) is 52.1 Å². The van der Waals surface area contributed by atoms with Crippen molar-refractivity contribution in [3.63, 3.8) is 0 Å². The van der Waals surface area contributed by atoms with Gasteiger partial charge >= 0.3 is 6.09 Å². The van der Waals surface area contributed by atoms with E-state index in [1.54, 1.807) is 34.1 Å². The Balaban J connectivity index is 0.000000248. The van der Waals surface area contributed by atoms with Crippen molar-refractivity contribution < 1.29 is 19.1 Å². The van der Waals surface area contributed by atoms with Gasteiger partial charge in [-0.25, -0.2) is 4.79 Å². The number of amides is 3. The molecule has 2 heterocycles. The van der Waals surface area contributed by atoms with Crippen LogP contribution in [0.2, 0.25) is 0 Å². The molecule has 2 fully saturated rings. The molecule has 0 aromatic heterocycles. The van der Waals surface area contributed by atoms with Crippen molar-refractivity contribution in [3.05, 3.63) is 70.8 Å². The average molecular weight is 587 g/mol. The highest BCUT2D eigenvalue weighted by Crippen LogP contribution is 2.13. The minimum absolute atomic E-state index is 0.0909. The van der Waals surface area contributed by atoms with Gasteiger partial charge in [0.05, 0.1) is 23.3 Å². The molecule has 0 radical (unpaired) electrons. The summed E-state index contributed by atoms with van der Waals surface area (Å²) in [6.45, 7) is 11.0. The standard InChI is InChI=1S/C19H25N3O3.C14H17N3O/c1-19(2,3)25-18(24)22-12-10-21(11-13-22)17(23)9-8-15-4-6-16(14-20)7-5-15;15-11-13-3-1-12(2-4-13)5-6-14(18)17-9-7-16-8-10-17/h4-7H,8-13H2,1-3H3;1-4,16H,5-10H2. The number of nitriles is 2. The number of carbonyl (C=O) groups is 3. The maximum atomic E-state index is 12.3. The van der Waals surface area contributed by atoms with E-state index in [9.17, 15) is 14.4 Å². The number of nitrogens with zero attached hydrogens (tertiary/aromatic N) is 5. The molecule has 0 spiro atoms. The zero-order chi connectivity index (χ0) is 31.2. The number of hydrogen-bond acceptors (Lipinski definition) is 7. The molecule has 4 rings (SSSR count). The van der Waals surface area contributed by atoms with E-state index in [0.717, 1.165) is 43.7 Å². The first-order valence-corrected chi connectivity index (χ1v) is 14.8. The number of carbonyl (C=O) groups excluding carboxylic acids is 3. The largest absolute Gasteiger partial charge is 0.444 e. The fourth-order valence-corrected chi connectivity index (χ4v) is 4.69. The van der Waals surface area contributed by atoms with E-state index in [2.05, 4.69) is 17.5 Å². The number of rotatable bonds is 6. The molecule has 2 aromatic carbocycles. The first kappa shape index (κ1) is 33.1. The van der Waals surface area contributed by atoms with E-state index < -0.39 is 5.60 Å². The minimum atomic E-state index is -0.509. The molecule has 0 unspecified atom stereocenters. The summed E-state index contributed by atoms with van der Waals surface area (Å²) >= 11 is 0. The average Bonchev–Trinajstić information content (AvgIpc) is 3.03. The lowest BCUT2D eigenvalue weighted by Gasteiger charge is -2.35. The topological polar surface area (TPSA) is 130 Å². The summed E-state index contributed by atoms with van der Waals surface area (Å²) < 4.78 is 5.36. The van der Waals surface area contributed by atoms with Gasteiger partial charge in [0.2, 0.25) is 11.8 Å². The molecule has 0 bridgehead atoms. The predicted octanol–water partition coefficient (Wildman–Crippen LogP) is 3.49. The quantitative estimate of drug-likeness (QED) is 0.548. The van der Waals surface area contributed by atoms with Crippen LogP contribution in [0.15, 0.2) is 48.5 Å². The van der Waals surface area contributed by atoms with Crippen LogP contribution in [0, 0.1) is 22.7 Å². The number of ether oxygens (including phenoxy) is 1. The fraction of sp³-hybridized carbons (Fsp3) is 0.485. The summed E-state index contributed by atoms with van der Waals surface area (Å²) in [6, 6.07) is 18.9. The lowest BCUT2D eigenvalue weighted by atomic mass is 10.1. The van der Waals surface area contributed by atoms with Gasteiger partial charge in [0, 0.05) is 65.2 Å². The SMILES string of the molecule is CC(C)(C)OC(=O)N1CCN(C(=O)CCc2ccc(C#N)cc2)CC1.N#Cc1ccc(CCC(=O)N2CCNCC2)cc1. The summed E-state index contributed by atoms with van der Waals surface area (Å²) in [5.74, 6) is 0.314. The Morgan fingerprint density at radius 3 is 1.49 bits per heavy atom. The van der Waals surface area contributed by atoms with Crippen LogP contribution in [-0.4, -0.2) is 90.6 Å². The van der Waals surface area contributed by atoms with E-state index in [0.29, 0.717) is 56.6 Å². The molecule has 2 aromatic rings. The molecule has 0 atom stereocenters. The first-order valence-electron chi connectivity index (χ1n) is 14.8. The normalized spacial score (nSPS) is 15.0. The molecule has 10 heteroatoms. The molecule has 2 saturated heterocycles. The van der Waals surface area contributed by atoms with Gasteiger partial charge in [0.15, 0.2) is 0 Å². The molecule has 1 N–H and O–H groups in total. The Bertz CT molecular complexity index is 1290. The number of benzene rings is 2. The number of aryl methyl sites for hydroxylation is 2. The summed E-state index contributed by atoms with van der Waals surface area (Å²) in [7, 11) is 0. The Morgan fingerprint density at radius 2 is 1.09 bits per heavy atom. The van der Waals surface area contributed by atoms with Crippen molar-refractivity contribution >= 4 is 17.9 Å². The van der Waals surface area contributed by atoms with Crippen LogP contribution in [0.3, 0.4) is 0 Å². The lowest BCUT2D eigenvalue weighted by molar-refractivity contribution is -0.133. The van der Waals surface area contributed by atoms with Gasteiger partial charge in [-0.2, -0.15) is 10.5 Å². The van der Waals surface area contributed by atoms with E-state index in [4.69, 9.17) is 15.3 Å². The van der Waals surface area contributed by atoms with Gasteiger partial charge in [-0.3, -0.25) is 9.59 Å². The summed E-state index contributed by atoms with van der Waals surface area (Å²) in [5, 5.41) is 20.7. The van der Waals surface area contributed by atoms with Crippen molar-refractivity contribution in [3.8, 4) is 12.1 Å². The maximum Gasteiger partial charge on any atom is 0.410 e. The molecule has 228 valence electrons. The second-order valence-electron chi connectivity index (χ2n) is 11.6. The highest BCUT2D eigenvalue weighted by Gasteiger charge is 2.27. The van der Waals surface area contributed by atoms with Gasteiger partial charge in [0.1, 0.15) is 5.60 Å². The van der Waals surface area contributed by atoms with Gasteiger partial charge in [-0.05, 0) is 69.0 Å². The number of nitrogens with one attached hydrogen (secondary N) is 1. The molecular weight excluding hydrogens is 544 g/mol. The van der Waals surface area contributed by atoms with Crippen molar-refractivity contribution in [1.29, 1.82) is 10.5 Å². The first-order chi connectivity index (χ1) is 20.6. The van der Waals surface area contributed by atoms with Crippen LogP contribution in [0.1, 0.15) is 55.9 Å². The van der Waals surface area contributed by atoms with Crippen LogP contribution in [0.4, 0.5) is 4.79 Å². The molecule has 43 heavy (non-hydrogen) atoms. The minimum Gasteiger partial charge on any atom is -0.444 e. The highest BCUT2D eigenvalue weighted by atomic mass is 16.6. The van der Waals surface area contributed by atoms with Crippen LogP contribution in [-0.2, 0) is 27.2 Å². The molecule has 3 amide bonds. The highest BCUT2D eigenvalue weighted by molar-refractivity contribution is 5.77. The van der Waals surface area contributed by atoms with Crippen LogP contribution < -0.4 is 5.32 Å². The Kier molecular flexibility index (Phi) is 12.5. The Hall–Kier alpha value is -4.41. The number of piperazine rings is 2. The Morgan fingerprint density at radius 1 is 0.698 bits per heavy atom. The smallest absolute Gasteiger partial charge is 0.410 e. The Labute approximate surface area is 254 Å². The van der Waals surface area contributed by atoms with Crippen LogP contribution >= 0.6 is 0 Å². The van der Waals surface area contributed by atoms with Gasteiger partial charge in [-0.1, -0.05) is 24.3 Å². The van der Waals surface area contributed by atoms with Crippen LogP contribution in [0.5, 0.6) is 0 Å². The molecule has 0 saturated carbocycles. The second kappa shape index (κ2) is 16.3. The van der Waals surface area contributed by atoms with Gasteiger partial charge in [-0.15, -0.1) is 0 Å². The second-order valence-corrected chi connectivity index (χ2v) is 11.6. The summed E-state index contributed by atoms with van der Waals surface area (Å²) in [5.41, 5.74) is 2.92. The lowest BCUT2D eigenvalue weighted by Crippen LogP contribution is -2.51. The molecule has 0 aliphatic carbocycles. The van der Waals surface area contributed by atoms with Crippen molar-refractivity contribution in [1.82, 2.24) is 20.0 Å². The zero-order valence-corrected chi connectivity index (χ0v) is 25.5. The summed E-state index contributed by atoms with van der Waals surface area (Å²) in [6.07, 6.45) is 2.05. The zero-order valence-electron chi connectivity index (χ0n) is 25.5. The molecule has 10 nitrogen and oxygen atoms in total.